The Balaban J connectivity index is 1.47. The van der Waals surface area contributed by atoms with Crippen LogP contribution in [0.3, 0.4) is 0 Å². The summed E-state index contributed by atoms with van der Waals surface area (Å²) in [5.74, 6) is -0.893. The van der Waals surface area contributed by atoms with E-state index in [0.29, 0.717) is 6.42 Å². The molecule has 0 radical (unpaired) electrons. The molecule has 0 aromatic heterocycles. The summed E-state index contributed by atoms with van der Waals surface area (Å²) in [6, 6.07) is 19.7. The number of hydrogen-bond donors (Lipinski definition) is 1. The molecule has 1 saturated heterocycles. The number of halogens is 3. The number of benzene rings is 3. The summed E-state index contributed by atoms with van der Waals surface area (Å²) in [7, 11) is -0.188. The van der Waals surface area contributed by atoms with Gasteiger partial charge >= 0.3 is 0 Å². The first-order valence-corrected chi connectivity index (χ1v) is 16.5. The van der Waals surface area contributed by atoms with E-state index in [1.165, 1.54) is 36.4 Å². The number of carbonyl (C=O) groups is 1. The molecule has 3 aromatic rings. The molecule has 3 nitrogen and oxygen atoms in total. The molecule has 4 rings (SSSR count). The molecule has 1 aliphatic heterocycles. The van der Waals surface area contributed by atoms with Crippen molar-refractivity contribution < 1.29 is 18.0 Å². The van der Waals surface area contributed by atoms with Gasteiger partial charge in [-0.05, 0) is 140 Å². The van der Waals surface area contributed by atoms with E-state index in [2.05, 4.69) is 45.0 Å². The van der Waals surface area contributed by atoms with Crippen LogP contribution in [0.15, 0.2) is 72.8 Å². The van der Waals surface area contributed by atoms with Crippen molar-refractivity contribution in [2.24, 2.45) is 0 Å². The summed E-state index contributed by atoms with van der Waals surface area (Å²) >= 11 is 0. The third-order valence-corrected chi connectivity index (χ3v) is 13.4. The number of hydrogen-bond acceptors (Lipinski definition) is 2. The lowest BCUT2D eigenvalue weighted by Gasteiger charge is -2.53. The van der Waals surface area contributed by atoms with E-state index in [9.17, 15) is 18.0 Å². The van der Waals surface area contributed by atoms with Gasteiger partial charge in [0.2, 0.25) is 5.91 Å². The lowest BCUT2D eigenvalue weighted by Crippen LogP contribution is -2.62. The van der Waals surface area contributed by atoms with Crippen LogP contribution in [0.1, 0.15) is 66.2 Å². The van der Waals surface area contributed by atoms with Crippen molar-refractivity contribution in [2.75, 3.05) is 13.2 Å². The average molecular weight is 584 g/mol. The first-order valence-electron chi connectivity index (χ1n) is 14.5. The molecule has 0 saturated carbocycles. The Hall–Kier alpha value is -2.69. The number of nitrogens with one attached hydrogen (secondary N) is 1. The molecule has 1 N–H and O–H groups in total. The highest BCUT2D eigenvalue weighted by molar-refractivity contribution is 7.95. The van der Waals surface area contributed by atoms with Gasteiger partial charge in [-0.15, -0.1) is 0 Å². The highest BCUT2D eigenvalue weighted by Crippen LogP contribution is 2.56. The summed E-state index contributed by atoms with van der Waals surface area (Å²) in [6.07, 6.45) is 5.45. The molecule has 0 spiro atoms. The predicted octanol–water partition coefficient (Wildman–Crippen LogP) is 6.73. The maximum Gasteiger partial charge on any atom is 0.220 e. The first kappa shape index (κ1) is 31.3. The molecule has 1 fully saturated rings. The van der Waals surface area contributed by atoms with Crippen molar-refractivity contribution in [1.82, 2.24) is 10.2 Å². The van der Waals surface area contributed by atoms with Crippen LogP contribution in [0, 0.1) is 17.5 Å². The van der Waals surface area contributed by atoms with Crippen LogP contribution in [-0.2, 0) is 4.79 Å². The van der Waals surface area contributed by atoms with E-state index in [1.54, 1.807) is 36.4 Å². The molecule has 1 heterocycles. The zero-order chi connectivity index (χ0) is 29.8. The fourth-order valence-corrected chi connectivity index (χ4v) is 10.8. The number of nitrogens with zero attached hydrogens (tertiary/aromatic N) is 1. The summed E-state index contributed by atoms with van der Waals surface area (Å²) in [6.45, 7) is 8.91. The van der Waals surface area contributed by atoms with Gasteiger partial charge in [0.25, 0.3) is 0 Å². The summed E-state index contributed by atoms with van der Waals surface area (Å²) < 4.78 is 41.9. The normalized spacial score (nSPS) is 17.4. The maximum absolute atomic E-state index is 14.0. The number of rotatable bonds is 10. The molecule has 1 aliphatic rings. The van der Waals surface area contributed by atoms with Crippen molar-refractivity contribution in [3.8, 4) is 0 Å². The van der Waals surface area contributed by atoms with Crippen LogP contribution in [0.4, 0.5) is 13.2 Å². The van der Waals surface area contributed by atoms with Crippen LogP contribution < -0.4 is 21.2 Å². The fourth-order valence-electron chi connectivity index (χ4n) is 6.51. The van der Waals surface area contributed by atoms with Crippen molar-refractivity contribution in [1.29, 1.82) is 0 Å². The molecular weight excluding hydrogens is 540 g/mol. The third-order valence-electron chi connectivity index (χ3n) is 8.87. The number of amides is 1. The van der Waals surface area contributed by atoms with Gasteiger partial charge in [-0.1, -0.05) is 0 Å². The van der Waals surface area contributed by atoms with Gasteiger partial charge in [-0.3, -0.25) is 9.69 Å². The first-order chi connectivity index (χ1) is 19.3. The lowest BCUT2D eigenvalue weighted by molar-refractivity contribution is -0.123. The second-order valence-electron chi connectivity index (χ2n) is 12.6. The van der Waals surface area contributed by atoms with E-state index in [1.807, 2.05) is 0 Å². The topological polar surface area (TPSA) is 32.3 Å². The molecule has 220 valence electrons. The third kappa shape index (κ3) is 7.21. The van der Waals surface area contributed by atoms with Gasteiger partial charge < -0.3 is 5.32 Å². The van der Waals surface area contributed by atoms with Crippen LogP contribution >= 0.6 is 7.26 Å². The molecule has 0 bridgehead atoms. The molecule has 7 heteroatoms. The van der Waals surface area contributed by atoms with Gasteiger partial charge in [-0.2, -0.15) is 0 Å². The minimum atomic E-state index is -2.35. The molecule has 0 atom stereocenters. The zero-order valence-electron chi connectivity index (χ0n) is 24.9. The Kier molecular flexibility index (Phi) is 9.66. The molecule has 3 aromatic carbocycles. The molecule has 1 amide bonds. The highest BCUT2D eigenvalue weighted by Gasteiger charge is 2.45. The fraction of sp³-hybridized carbons (Fsp3) is 0.441. The maximum atomic E-state index is 14.0. The minimum Gasteiger partial charge on any atom is -0.353 e. The average Bonchev–Trinajstić information content (AvgIpc) is 2.91. The van der Waals surface area contributed by atoms with E-state index < -0.39 is 7.26 Å². The van der Waals surface area contributed by atoms with Crippen LogP contribution in [-0.4, -0.2) is 41.1 Å². The molecule has 41 heavy (non-hydrogen) atoms. The second-order valence-corrected chi connectivity index (χ2v) is 16.2. The largest absolute Gasteiger partial charge is 0.353 e. The standard InChI is InChI=1S/C34H42F3N2OP/c1-33(2)23-28(24-34(3,4)39(33)5)38-32(40)9-7-6-8-22-41(29-16-10-25(35)11-17-29,30-18-12-26(36)13-19-30)31-20-14-27(37)15-21-31/h10-21,28H,6-9,22-24H2,1-5H3/p+1. The SMILES string of the molecule is CN1C(C)(C)CC(NC(=O)CCCCC[P+](c2ccc(F)cc2)(c2ccc(F)cc2)c2ccc(F)cc2)CC1(C)C. The monoisotopic (exact) mass is 583 g/mol. The van der Waals surface area contributed by atoms with Gasteiger partial charge in [0, 0.05) is 23.5 Å². The number of likely N-dealkylation sites (tertiary alicyclic amines) is 1. The number of carbonyl (C=O) groups excluding carboxylic acids is 1. The highest BCUT2D eigenvalue weighted by atomic mass is 31.2. The Morgan fingerprint density at radius 2 is 1.12 bits per heavy atom. The van der Waals surface area contributed by atoms with E-state index in [-0.39, 0.29) is 40.5 Å². The lowest BCUT2D eigenvalue weighted by atomic mass is 9.77. The van der Waals surface area contributed by atoms with Crippen molar-refractivity contribution in [2.45, 2.75) is 83.3 Å². The van der Waals surface area contributed by atoms with Crippen molar-refractivity contribution in [3.05, 3.63) is 90.2 Å². The quantitative estimate of drug-likeness (QED) is 0.212. The van der Waals surface area contributed by atoms with Gasteiger partial charge in [0.15, 0.2) is 0 Å². The van der Waals surface area contributed by atoms with E-state index >= 15 is 0 Å². The van der Waals surface area contributed by atoms with Crippen LogP contribution in [0.5, 0.6) is 0 Å². The molecule has 0 aliphatic carbocycles. The Labute approximate surface area is 243 Å². The predicted molar refractivity (Wildman–Crippen MR) is 165 cm³/mol. The van der Waals surface area contributed by atoms with Crippen molar-refractivity contribution in [3.63, 3.8) is 0 Å². The molecular formula is C34H43F3N2OP+. The minimum absolute atomic E-state index is 0.00773. The second kappa shape index (κ2) is 12.7. The Morgan fingerprint density at radius 3 is 1.51 bits per heavy atom. The zero-order valence-corrected chi connectivity index (χ0v) is 25.8. The van der Waals surface area contributed by atoms with E-state index in [0.717, 1.165) is 54.2 Å². The van der Waals surface area contributed by atoms with E-state index in [4.69, 9.17) is 0 Å². The smallest absolute Gasteiger partial charge is 0.220 e. The van der Waals surface area contributed by atoms with Crippen LogP contribution in [0.2, 0.25) is 0 Å². The van der Waals surface area contributed by atoms with Gasteiger partial charge in [0.1, 0.15) is 40.6 Å². The molecule has 0 unspecified atom stereocenters. The Morgan fingerprint density at radius 1 is 0.732 bits per heavy atom. The number of piperidine rings is 1. The Bertz CT molecular complexity index is 1180. The summed E-state index contributed by atoms with van der Waals surface area (Å²) in [5, 5.41) is 6.17. The van der Waals surface area contributed by atoms with Gasteiger partial charge in [0.05, 0.1) is 6.16 Å². The summed E-state index contributed by atoms with van der Waals surface area (Å²) in [5.41, 5.74) is 0.0155. The van der Waals surface area contributed by atoms with Gasteiger partial charge in [-0.25, -0.2) is 13.2 Å². The van der Waals surface area contributed by atoms with Crippen LogP contribution in [0.25, 0.3) is 0 Å². The number of unbranched alkanes of at least 4 members (excludes halogenated alkanes) is 2. The summed E-state index contributed by atoms with van der Waals surface area (Å²) in [4.78, 5) is 15.3. The van der Waals surface area contributed by atoms with Crippen molar-refractivity contribution >= 4 is 29.1 Å².